The molecule has 0 radical (unpaired) electrons. The largest absolute Gasteiger partial charge is 0.451 e. The Labute approximate surface area is 70.3 Å². The van der Waals surface area contributed by atoms with Gasteiger partial charge < -0.3 is 10.1 Å². The summed E-state index contributed by atoms with van der Waals surface area (Å²) >= 11 is 0. The number of hydrogen-bond donors (Lipinski definition) is 1. The van der Waals surface area contributed by atoms with E-state index in [1.165, 1.54) is 0 Å². The van der Waals surface area contributed by atoms with E-state index in [1.807, 2.05) is 0 Å². The lowest BCUT2D eigenvalue weighted by molar-refractivity contribution is -0.145. The first-order chi connectivity index (χ1) is 5.74. The SMILES string of the molecule is C#CCOC(=O)C1CCC(=O)N1. The molecule has 1 amide bonds. The molecule has 0 saturated carbocycles. The molecule has 1 atom stereocenters. The van der Waals surface area contributed by atoms with Crippen molar-refractivity contribution in [3.05, 3.63) is 0 Å². The molecule has 1 heterocycles. The van der Waals surface area contributed by atoms with Crippen LogP contribution >= 0.6 is 0 Å². The second kappa shape index (κ2) is 3.77. The van der Waals surface area contributed by atoms with Gasteiger partial charge in [0.2, 0.25) is 5.91 Å². The van der Waals surface area contributed by atoms with Crippen LogP contribution in [0.2, 0.25) is 0 Å². The molecule has 0 aromatic rings. The molecule has 64 valence electrons. The zero-order valence-electron chi connectivity index (χ0n) is 6.50. The summed E-state index contributed by atoms with van der Waals surface area (Å²) in [5.74, 6) is 1.62. The summed E-state index contributed by atoms with van der Waals surface area (Å²) < 4.78 is 4.63. The quantitative estimate of drug-likeness (QED) is 0.443. The Bertz CT molecular complexity index is 241. The molecule has 1 unspecified atom stereocenters. The Kier molecular flexibility index (Phi) is 2.70. The van der Waals surface area contributed by atoms with E-state index in [2.05, 4.69) is 16.0 Å². The van der Waals surface area contributed by atoms with Crippen LogP contribution in [-0.2, 0) is 14.3 Å². The standard InChI is InChI=1S/C8H9NO3/c1-2-5-12-8(11)6-3-4-7(10)9-6/h1,6H,3-5H2,(H,9,10). The predicted octanol–water partition coefficient (Wildman–Crippen LogP) is -0.559. The monoisotopic (exact) mass is 167 g/mol. The molecule has 1 rings (SSSR count). The molecule has 1 aliphatic rings. The maximum Gasteiger partial charge on any atom is 0.329 e. The Balaban J connectivity index is 2.34. The molecule has 12 heavy (non-hydrogen) atoms. The van der Waals surface area contributed by atoms with E-state index in [1.54, 1.807) is 0 Å². The molecule has 0 bridgehead atoms. The second-order valence-electron chi connectivity index (χ2n) is 2.47. The first-order valence-electron chi connectivity index (χ1n) is 3.63. The van der Waals surface area contributed by atoms with Gasteiger partial charge in [-0.05, 0) is 6.42 Å². The van der Waals surface area contributed by atoms with Gasteiger partial charge in [-0.25, -0.2) is 4.79 Å². The third-order valence-electron chi connectivity index (χ3n) is 1.58. The fraction of sp³-hybridized carbons (Fsp3) is 0.500. The minimum absolute atomic E-state index is 0.0365. The zero-order valence-corrected chi connectivity index (χ0v) is 6.50. The van der Waals surface area contributed by atoms with Crippen LogP contribution in [0.5, 0.6) is 0 Å². The number of carbonyl (C=O) groups excluding carboxylic acids is 2. The fourth-order valence-corrected chi connectivity index (χ4v) is 1.00. The van der Waals surface area contributed by atoms with Crippen LogP contribution < -0.4 is 5.32 Å². The molecule has 1 N–H and O–H groups in total. The van der Waals surface area contributed by atoms with E-state index < -0.39 is 12.0 Å². The summed E-state index contributed by atoms with van der Waals surface area (Å²) in [6, 6.07) is -0.495. The molecule has 1 aliphatic heterocycles. The van der Waals surface area contributed by atoms with Crippen molar-refractivity contribution in [3.8, 4) is 12.3 Å². The van der Waals surface area contributed by atoms with Crippen molar-refractivity contribution in [2.24, 2.45) is 0 Å². The molecular formula is C8H9NO3. The maximum atomic E-state index is 11.0. The van der Waals surface area contributed by atoms with Gasteiger partial charge in [-0.15, -0.1) is 6.42 Å². The number of terminal acetylenes is 1. The molecule has 0 aliphatic carbocycles. The van der Waals surface area contributed by atoms with Crippen molar-refractivity contribution in [1.29, 1.82) is 0 Å². The smallest absolute Gasteiger partial charge is 0.329 e. The number of rotatable bonds is 2. The molecule has 1 saturated heterocycles. The summed E-state index contributed by atoms with van der Waals surface area (Å²) in [5, 5.41) is 2.48. The van der Waals surface area contributed by atoms with E-state index in [0.29, 0.717) is 12.8 Å². The van der Waals surface area contributed by atoms with Crippen LogP contribution in [0.3, 0.4) is 0 Å². The van der Waals surface area contributed by atoms with Gasteiger partial charge in [0.1, 0.15) is 6.04 Å². The highest BCUT2D eigenvalue weighted by Gasteiger charge is 2.27. The number of esters is 1. The van der Waals surface area contributed by atoms with Gasteiger partial charge in [0.25, 0.3) is 0 Å². The minimum Gasteiger partial charge on any atom is -0.451 e. The zero-order chi connectivity index (χ0) is 8.97. The van der Waals surface area contributed by atoms with Crippen molar-refractivity contribution in [2.45, 2.75) is 18.9 Å². The van der Waals surface area contributed by atoms with E-state index in [4.69, 9.17) is 6.42 Å². The Hall–Kier alpha value is -1.50. The summed E-state index contributed by atoms with van der Waals surface area (Å²) in [6.45, 7) is -0.0365. The predicted molar refractivity (Wildman–Crippen MR) is 41.0 cm³/mol. The van der Waals surface area contributed by atoms with Crippen LogP contribution in [0.15, 0.2) is 0 Å². The molecule has 0 spiro atoms. The van der Waals surface area contributed by atoms with Crippen molar-refractivity contribution in [3.63, 3.8) is 0 Å². The van der Waals surface area contributed by atoms with Crippen molar-refractivity contribution < 1.29 is 14.3 Å². The highest BCUT2D eigenvalue weighted by atomic mass is 16.5. The third-order valence-corrected chi connectivity index (χ3v) is 1.58. The van der Waals surface area contributed by atoms with Crippen molar-refractivity contribution in [2.75, 3.05) is 6.61 Å². The number of amides is 1. The average molecular weight is 167 g/mol. The highest BCUT2D eigenvalue weighted by Crippen LogP contribution is 2.07. The maximum absolute atomic E-state index is 11.0. The first kappa shape index (κ1) is 8.60. The van der Waals surface area contributed by atoms with Crippen LogP contribution in [0.1, 0.15) is 12.8 Å². The van der Waals surface area contributed by atoms with Crippen molar-refractivity contribution in [1.82, 2.24) is 5.32 Å². The number of ether oxygens (including phenoxy) is 1. The van der Waals surface area contributed by atoms with Gasteiger partial charge in [0.15, 0.2) is 6.61 Å². The van der Waals surface area contributed by atoms with Gasteiger partial charge in [-0.1, -0.05) is 5.92 Å². The Morgan fingerprint density at radius 2 is 2.58 bits per heavy atom. The highest BCUT2D eigenvalue weighted by molar-refractivity contribution is 5.88. The van der Waals surface area contributed by atoms with Crippen LogP contribution in [0.25, 0.3) is 0 Å². The molecule has 4 nitrogen and oxygen atoms in total. The number of carbonyl (C=O) groups is 2. The summed E-state index contributed by atoms with van der Waals surface area (Å²) in [5.41, 5.74) is 0. The first-order valence-corrected chi connectivity index (χ1v) is 3.63. The normalized spacial score (nSPS) is 21.2. The Morgan fingerprint density at radius 1 is 1.83 bits per heavy atom. The van der Waals surface area contributed by atoms with Crippen molar-refractivity contribution >= 4 is 11.9 Å². The molecule has 1 fully saturated rings. The van der Waals surface area contributed by atoms with Gasteiger partial charge >= 0.3 is 5.97 Å². The molecule has 0 aromatic carbocycles. The topological polar surface area (TPSA) is 55.4 Å². The van der Waals surface area contributed by atoms with E-state index in [9.17, 15) is 9.59 Å². The van der Waals surface area contributed by atoms with Crippen LogP contribution in [-0.4, -0.2) is 24.5 Å². The lowest BCUT2D eigenvalue weighted by Gasteiger charge is -2.06. The lowest BCUT2D eigenvalue weighted by atomic mass is 10.2. The second-order valence-corrected chi connectivity index (χ2v) is 2.47. The molecule has 0 aromatic heterocycles. The van der Waals surface area contributed by atoms with Gasteiger partial charge in [-0.2, -0.15) is 0 Å². The summed E-state index contributed by atoms with van der Waals surface area (Å²) in [7, 11) is 0. The average Bonchev–Trinajstić information content (AvgIpc) is 2.47. The van der Waals surface area contributed by atoms with Gasteiger partial charge in [-0.3, -0.25) is 4.79 Å². The molecular weight excluding hydrogens is 158 g/mol. The minimum atomic E-state index is -0.495. The summed E-state index contributed by atoms with van der Waals surface area (Å²) in [4.78, 5) is 21.7. The fourth-order valence-electron chi connectivity index (χ4n) is 1.00. The van der Waals surface area contributed by atoms with Crippen LogP contribution in [0.4, 0.5) is 0 Å². The van der Waals surface area contributed by atoms with E-state index in [-0.39, 0.29) is 12.5 Å². The summed E-state index contributed by atoms with van der Waals surface area (Å²) in [6.07, 6.45) is 5.78. The number of hydrogen-bond acceptors (Lipinski definition) is 3. The number of nitrogens with one attached hydrogen (secondary N) is 1. The lowest BCUT2D eigenvalue weighted by Crippen LogP contribution is -2.34. The third kappa shape index (κ3) is 1.99. The van der Waals surface area contributed by atoms with Gasteiger partial charge in [0.05, 0.1) is 0 Å². The van der Waals surface area contributed by atoms with E-state index in [0.717, 1.165) is 0 Å². The molecule has 4 heteroatoms. The van der Waals surface area contributed by atoms with Gasteiger partial charge in [0, 0.05) is 6.42 Å². The Morgan fingerprint density at radius 3 is 3.08 bits per heavy atom. The van der Waals surface area contributed by atoms with E-state index >= 15 is 0 Å². The van der Waals surface area contributed by atoms with Crippen LogP contribution in [0, 0.1) is 12.3 Å².